The molecule has 22 heavy (non-hydrogen) atoms. The van der Waals surface area contributed by atoms with Crippen LogP contribution in [0.4, 0.5) is 5.69 Å². The van der Waals surface area contributed by atoms with Gasteiger partial charge in [-0.15, -0.1) is 0 Å². The standard InChI is InChI=1S/C17H15NO4/c1-12-6-8-15(17(10-12)22-2)16(19)9-7-13-4-3-5-14(11-13)18(20)21/h3-11H,1-2H3/b9-7+. The van der Waals surface area contributed by atoms with Crippen LogP contribution in [-0.4, -0.2) is 17.8 Å². The second kappa shape index (κ2) is 6.67. The van der Waals surface area contributed by atoms with Crippen LogP contribution in [0.1, 0.15) is 21.5 Å². The summed E-state index contributed by atoms with van der Waals surface area (Å²) >= 11 is 0. The molecule has 0 atom stereocenters. The third-order valence-electron chi connectivity index (χ3n) is 3.13. The van der Waals surface area contributed by atoms with E-state index in [2.05, 4.69) is 0 Å². The lowest BCUT2D eigenvalue weighted by Gasteiger charge is -2.06. The van der Waals surface area contributed by atoms with Gasteiger partial charge in [0.25, 0.3) is 5.69 Å². The summed E-state index contributed by atoms with van der Waals surface area (Å²) in [5.41, 5.74) is 2.03. The number of carbonyl (C=O) groups is 1. The number of nitro benzene ring substituents is 1. The molecule has 0 aliphatic rings. The predicted molar refractivity (Wildman–Crippen MR) is 84.2 cm³/mol. The van der Waals surface area contributed by atoms with E-state index in [4.69, 9.17) is 4.74 Å². The number of rotatable bonds is 5. The average molecular weight is 297 g/mol. The second-order valence-electron chi connectivity index (χ2n) is 4.75. The molecular weight excluding hydrogens is 282 g/mol. The summed E-state index contributed by atoms with van der Waals surface area (Å²) in [6, 6.07) is 11.4. The van der Waals surface area contributed by atoms with Gasteiger partial charge in [0.2, 0.25) is 0 Å². The zero-order chi connectivity index (χ0) is 16.1. The Kier molecular flexibility index (Phi) is 4.68. The fourth-order valence-corrected chi connectivity index (χ4v) is 2.01. The summed E-state index contributed by atoms with van der Waals surface area (Å²) in [7, 11) is 1.51. The van der Waals surface area contributed by atoms with E-state index in [0.29, 0.717) is 16.9 Å². The number of non-ortho nitro benzene ring substituents is 1. The number of nitro groups is 1. The van der Waals surface area contributed by atoms with Gasteiger partial charge < -0.3 is 4.74 Å². The number of methoxy groups -OCH3 is 1. The number of nitrogens with zero attached hydrogens (tertiary/aromatic N) is 1. The zero-order valence-corrected chi connectivity index (χ0v) is 12.3. The van der Waals surface area contributed by atoms with Crippen LogP contribution in [0, 0.1) is 17.0 Å². The molecule has 2 aromatic rings. The fraction of sp³-hybridized carbons (Fsp3) is 0.118. The van der Waals surface area contributed by atoms with E-state index in [1.54, 1.807) is 30.3 Å². The number of carbonyl (C=O) groups excluding carboxylic acids is 1. The van der Waals surface area contributed by atoms with E-state index in [1.807, 2.05) is 13.0 Å². The van der Waals surface area contributed by atoms with Crippen molar-refractivity contribution in [2.24, 2.45) is 0 Å². The molecule has 2 rings (SSSR count). The molecule has 0 saturated heterocycles. The third kappa shape index (κ3) is 3.58. The van der Waals surface area contributed by atoms with Gasteiger partial charge in [-0.2, -0.15) is 0 Å². The highest BCUT2D eigenvalue weighted by Crippen LogP contribution is 2.21. The normalized spacial score (nSPS) is 10.6. The number of hydrogen-bond acceptors (Lipinski definition) is 4. The maximum Gasteiger partial charge on any atom is 0.270 e. The molecular formula is C17H15NO4. The van der Waals surface area contributed by atoms with Crippen LogP contribution in [-0.2, 0) is 0 Å². The maximum absolute atomic E-state index is 12.2. The van der Waals surface area contributed by atoms with Gasteiger partial charge in [-0.25, -0.2) is 0 Å². The van der Waals surface area contributed by atoms with Crippen LogP contribution < -0.4 is 4.74 Å². The van der Waals surface area contributed by atoms with Crippen LogP contribution in [0.3, 0.4) is 0 Å². The van der Waals surface area contributed by atoms with Gasteiger partial charge in [-0.1, -0.05) is 24.3 Å². The first-order valence-corrected chi connectivity index (χ1v) is 6.63. The highest BCUT2D eigenvalue weighted by atomic mass is 16.6. The van der Waals surface area contributed by atoms with Gasteiger partial charge in [0, 0.05) is 12.1 Å². The Morgan fingerprint density at radius 3 is 2.68 bits per heavy atom. The number of aryl methyl sites for hydroxylation is 1. The maximum atomic E-state index is 12.2. The Bertz CT molecular complexity index is 750. The highest BCUT2D eigenvalue weighted by molar-refractivity contribution is 6.08. The van der Waals surface area contributed by atoms with Crippen molar-refractivity contribution in [2.45, 2.75) is 6.92 Å². The number of allylic oxidation sites excluding steroid dienone is 1. The van der Waals surface area contributed by atoms with Crippen molar-refractivity contribution in [1.82, 2.24) is 0 Å². The Hall–Kier alpha value is -2.95. The van der Waals surface area contributed by atoms with Gasteiger partial charge in [0.15, 0.2) is 5.78 Å². The molecule has 0 unspecified atom stereocenters. The van der Waals surface area contributed by atoms with Crippen molar-refractivity contribution in [2.75, 3.05) is 7.11 Å². The summed E-state index contributed by atoms with van der Waals surface area (Å²) in [5, 5.41) is 10.7. The quantitative estimate of drug-likeness (QED) is 0.364. The van der Waals surface area contributed by atoms with Crippen molar-refractivity contribution >= 4 is 17.5 Å². The molecule has 2 aromatic carbocycles. The number of benzene rings is 2. The molecule has 0 aliphatic carbocycles. The minimum absolute atomic E-state index is 0.0116. The van der Waals surface area contributed by atoms with Crippen LogP contribution in [0.5, 0.6) is 5.75 Å². The van der Waals surface area contributed by atoms with E-state index < -0.39 is 4.92 Å². The SMILES string of the molecule is COc1cc(C)ccc1C(=O)/C=C/c1cccc([N+](=O)[O-])c1. The molecule has 0 heterocycles. The highest BCUT2D eigenvalue weighted by Gasteiger charge is 2.10. The van der Waals surface area contributed by atoms with Gasteiger partial charge in [0.05, 0.1) is 17.6 Å². The van der Waals surface area contributed by atoms with Gasteiger partial charge in [-0.05, 0) is 36.3 Å². The molecule has 112 valence electrons. The number of ether oxygens (including phenoxy) is 1. The van der Waals surface area contributed by atoms with Crippen LogP contribution in [0.2, 0.25) is 0 Å². The summed E-state index contributed by atoms with van der Waals surface area (Å²) in [5.74, 6) is 0.289. The minimum atomic E-state index is -0.470. The number of hydrogen-bond donors (Lipinski definition) is 0. The Balaban J connectivity index is 2.25. The molecule has 0 fully saturated rings. The molecule has 0 bridgehead atoms. The average Bonchev–Trinajstić information content (AvgIpc) is 2.52. The Morgan fingerprint density at radius 1 is 1.23 bits per heavy atom. The van der Waals surface area contributed by atoms with E-state index in [9.17, 15) is 14.9 Å². The van der Waals surface area contributed by atoms with E-state index in [-0.39, 0.29) is 11.5 Å². The second-order valence-corrected chi connectivity index (χ2v) is 4.75. The van der Waals surface area contributed by atoms with E-state index >= 15 is 0 Å². The third-order valence-corrected chi connectivity index (χ3v) is 3.13. The summed E-state index contributed by atoms with van der Waals surface area (Å²) in [4.78, 5) is 22.5. The van der Waals surface area contributed by atoms with Crippen LogP contribution in [0.25, 0.3) is 6.08 Å². The van der Waals surface area contributed by atoms with Crippen LogP contribution in [0.15, 0.2) is 48.5 Å². The van der Waals surface area contributed by atoms with Crippen molar-refractivity contribution in [3.8, 4) is 5.75 Å². The topological polar surface area (TPSA) is 69.4 Å². The summed E-state index contributed by atoms with van der Waals surface area (Å²) < 4.78 is 5.21. The molecule has 0 amide bonds. The van der Waals surface area contributed by atoms with Crippen LogP contribution >= 0.6 is 0 Å². The predicted octanol–water partition coefficient (Wildman–Crippen LogP) is 3.81. The van der Waals surface area contributed by atoms with Crippen molar-refractivity contribution in [3.63, 3.8) is 0 Å². The lowest BCUT2D eigenvalue weighted by Crippen LogP contribution is -1.99. The molecule has 0 aromatic heterocycles. The Labute approximate surface area is 128 Å². The van der Waals surface area contributed by atoms with Gasteiger partial charge in [0.1, 0.15) is 5.75 Å². The lowest BCUT2D eigenvalue weighted by atomic mass is 10.1. The smallest absolute Gasteiger partial charge is 0.270 e. The molecule has 0 radical (unpaired) electrons. The fourth-order valence-electron chi connectivity index (χ4n) is 2.01. The van der Waals surface area contributed by atoms with Crippen molar-refractivity contribution < 1.29 is 14.5 Å². The van der Waals surface area contributed by atoms with Crippen molar-refractivity contribution in [1.29, 1.82) is 0 Å². The first kappa shape index (κ1) is 15.4. The largest absolute Gasteiger partial charge is 0.496 e. The molecule has 0 N–H and O–H groups in total. The number of ketones is 1. The summed E-state index contributed by atoms with van der Waals surface area (Å²) in [6.07, 6.45) is 2.93. The first-order valence-electron chi connectivity index (χ1n) is 6.63. The van der Waals surface area contributed by atoms with Gasteiger partial charge >= 0.3 is 0 Å². The van der Waals surface area contributed by atoms with Gasteiger partial charge in [-0.3, -0.25) is 14.9 Å². The molecule has 0 saturated carbocycles. The Morgan fingerprint density at radius 2 is 2.00 bits per heavy atom. The lowest BCUT2D eigenvalue weighted by molar-refractivity contribution is -0.384. The zero-order valence-electron chi connectivity index (χ0n) is 12.3. The monoisotopic (exact) mass is 297 g/mol. The first-order chi connectivity index (χ1) is 10.5. The molecule has 5 nitrogen and oxygen atoms in total. The minimum Gasteiger partial charge on any atom is -0.496 e. The molecule has 0 aliphatic heterocycles. The van der Waals surface area contributed by atoms with E-state index in [0.717, 1.165) is 5.56 Å². The van der Waals surface area contributed by atoms with E-state index in [1.165, 1.54) is 25.3 Å². The summed E-state index contributed by atoms with van der Waals surface area (Å²) in [6.45, 7) is 1.91. The molecule has 5 heteroatoms. The van der Waals surface area contributed by atoms with Crippen molar-refractivity contribution in [3.05, 3.63) is 75.3 Å². The molecule has 0 spiro atoms.